The highest BCUT2D eigenvalue weighted by Gasteiger charge is 2.00. The van der Waals surface area contributed by atoms with Crippen LogP contribution in [-0.2, 0) is 6.42 Å². The molecule has 0 aliphatic rings. The highest BCUT2D eigenvalue weighted by molar-refractivity contribution is 5.92. The number of nitrogens with one attached hydrogen (secondary N) is 1. The van der Waals surface area contributed by atoms with Crippen molar-refractivity contribution in [3.63, 3.8) is 0 Å². The number of nitrogens with two attached hydrogens (primary N) is 1. The molecule has 2 aromatic heterocycles. The number of hydrogen-bond donors (Lipinski definition) is 2. The van der Waals surface area contributed by atoms with Crippen molar-refractivity contribution in [3.8, 4) is 0 Å². The number of para-hydroxylation sites is 1. The number of imidazole rings is 1. The predicted octanol–water partition coefficient (Wildman–Crippen LogP) is 2.30. The third-order valence-electron chi connectivity index (χ3n) is 3.11. The highest BCUT2D eigenvalue weighted by Crippen LogP contribution is 2.06. The van der Waals surface area contributed by atoms with Gasteiger partial charge in [-0.15, -0.1) is 0 Å². The molecule has 0 aliphatic carbocycles. The molecule has 0 spiro atoms. The molecule has 0 aliphatic heterocycles. The van der Waals surface area contributed by atoms with Gasteiger partial charge in [0.25, 0.3) is 0 Å². The van der Waals surface area contributed by atoms with Crippen molar-refractivity contribution in [2.45, 2.75) is 6.42 Å². The van der Waals surface area contributed by atoms with Crippen molar-refractivity contribution in [2.75, 3.05) is 11.9 Å². The Labute approximate surface area is 123 Å². The molecular formula is C16H17N5. The third kappa shape index (κ3) is 3.39. The number of aliphatic imine (C=N–C) groups is 1. The molecule has 0 radical (unpaired) electrons. The Morgan fingerprint density at radius 2 is 1.95 bits per heavy atom. The van der Waals surface area contributed by atoms with Gasteiger partial charge >= 0.3 is 0 Å². The predicted molar refractivity (Wildman–Crippen MR) is 85.5 cm³/mol. The first-order chi connectivity index (χ1) is 10.3. The fourth-order valence-electron chi connectivity index (χ4n) is 2.11. The number of guanidine groups is 1. The number of nitrogens with zero attached hydrogens (tertiary/aromatic N) is 3. The number of pyridine rings is 1. The smallest absolute Gasteiger partial charge is 0.193 e. The fourth-order valence-corrected chi connectivity index (χ4v) is 2.11. The summed E-state index contributed by atoms with van der Waals surface area (Å²) in [4.78, 5) is 8.84. The minimum absolute atomic E-state index is 0.421. The zero-order chi connectivity index (χ0) is 14.5. The first kappa shape index (κ1) is 13.2. The summed E-state index contributed by atoms with van der Waals surface area (Å²) >= 11 is 0. The van der Waals surface area contributed by atoms with Crippen LogP contribution < -0.4 is 11.1 Å². The molecular weight excluding hydrogens is 262 g/mol. The van der Waals surface area contributed by atoms with Gasteiger partial charge in [0.1, 0.15) is 5.65 Å². The summed E-state index contributed by atoms with van der Waals surface area (Å²) in [6.07, 6.45) is 4.77. The maximum Gasteiger partial charge on any atom is 0.193 e. The molecule has 0 unspecified atom stereocenters. The molecule has 0 atom stereocenters. The molecule has 1 aromatic carbocycles. The van der Waals surface area contributed by atoms with Crippen LogP contribution in [0.1, 0.15) is 5.69 Å². The van der Waals surface area contributed by atoms with E-state index in [4.69, 9.17) is 5.73 Å². The van der Waals surface area contributed by atoms with Gasteiger partial charge in [0.2, 0.25) is 0 Å². The summed E-state index contributed by atoms with van der Waals surface area (Å²) in [5, 5.41) is 3.06. The van der Waals surface area contributed by atoms with Crippen molar-refractivity contribution in [3.05, 3.63) is 66.6 Å². The van der Waals surface area contributed by atoms with E-state index >= 15 is 0 Å². The van der Waals surface area contributed by atoms with E-state index in [9.17, 15) is 0 Å². The standard InChI is InChI=1S/C16H17N5/c17-16(20-13-6-2-1-3-7-13)18-10-9-14-12-21-11-5-4-8-15(21)19-14/h1-8,11-12H,9-10H2,(H3,17,18,20). The molecule has 21 heavy (non-hydrogen) atoms. The summed E-state index contributed by atoms with van der Waals surface area (Å²) in [7, 11) is 0. The molecule has 106 valence electrons. The van der Waals surface area contributed by atoms with Gasteiger partial charge in [-0.2, -0.15) is 0 Å². The molecule has 5 nitrogen and oxygen atoms in total. The van der Waals surface area contributed by atoms with Crippen LogP contribution in [0.5, 0.6) is 0 Å². The number of aromatic nitrogens is 2. The van der Waals surface area contributed by atoms with Crippen molar-refractivity contribution in [1.82, 2.24) is 9.38 Å². The van der Waals surface area contributed by atoms with Crippen molar-refractivity contribution < 1.29 is 0 Å². The molecule has 0 bridgehead atoms. The Morgan fingerprint density at radius 3 is 2.76 bits per heavy atom. The van der Waals surface area contributed by atoms with Crippen LogP contribution in [0.3, 0.4) is 0 Å². The van der Waals surface area contributed by atoms with Crippen molar-refractivity contribution in [2.24, 2.45) is 10.7 Å². The average Bonchev–Trinajstić information content (AvgIpc) is 2.91. The van der Waals surface area contributed by atoms with Crippen LogP contribution >= 0.6 is 0 Å². The molecule has 0 fully saturated rings. The minimum atomic E-state index is 0.421. The summed E-state index contributed by atoms with van der Waals surface area (Å²) in [5.74, 6) is 0.421. The van der Waals surface area contributed by atoms with Crippen LogP contribution in [-0.4, -0.2) is 21.9 Å². The number of hydrogen-bond acceptors (Lipinski definition) is 2. The van der Waals surface area contributed by atoms with Gasteiger partial charge < -0.3 is 15.5 Å². The quantitative estimate of drug-likeness (QED) is 0.569. The van der Waals surface area contributed by atoms with Gasteiger partial charge in [0.15, 0.2) is 5.96 Å². The first-order valence-corrected chi connectivity index (χ1v) is 6.86. The van der Waals surface area contributed by atoms with Crippen LogP contribution in [0.4, 0.5) is 5.69 Å². The van der Waals surface area contributed by atoms with E-state index < -0.39 is 0 Å². The summed E-state index contributed by atoms with van der Waals surface area (Å²) in [6.45, 7) is 0.607. The Morgan fingerprint density at radius 1 is 1.14 bits per heavy atom. The lowest BCUT2D eigenvalue weighted by molar-refractivity contribution is 0.934. The molecule has 0 saturated heterocycles. The van der Waals surface area contributed by atoms with E-state index in [2.05, 4.69) is 15.3 Å². The second kappa shape index (κ2) is 6.09. The maximum absolute atomic E-state index is 5.86. The summed E-state index contributed by atoms with van der Waals surface area (Å²) in [5.41, 5.74) is 8.76. The Hall–Kier alpha value is -2.82. The largest absolute Gasteiger partial charge is 0.370 e. The molecule has 0 amide bonds. The van der Waals surface area contributed by atoms with Crippen LogP contribution in [0.2, 0.25) is 0 Å². The van der Waals surface area contributed by atoms with Crippen LogP contribution in [0.25, 0.3) is 5.65 Å². The normalized spacial score (nSPS) is 11.7. The van der Waals surface area contributed by atoms with E-state index in [0.29, 0.717) is 12.5 Å². The lowest BCUT2D eigenvalue weighted by Gasteiger charge is -2.04. The van der Waals surface area contributed by atoms with Gasteiger partial charge in [0.05, 0.1) is 5.69 Å². The number of benzene rings is 1. The van der Waals surface area contributed by atoms with Crippen LogP contribution in [0.15, 0.2) is 65.9 Å². The molecule has 3 N–H and O–H groups in total. The van der Waals surface area contributed by atoms with E-state index in [1.165, 1.54) is 0 Å². The fraction of sp³-hybridized carbons (Fsp3) is 0.125. The van der Waals surface area contributed by atoms with Crippen molar-refractivity contribution in [1.29, 1.82) is 0 Å². The Bertz CT molecular complexity index is 712. The number of anilines is 1. The monoisotopic (exact) mass is 279 g/mol. The third-order valence-corrected chi connectivity index (χ3v) is 3.11. The van der Waals surface area contributed by atoms with Gasteiger partial charge in [0, 0.05) is 31.0 Å². The zero-order valence-corrected chi connectivity index (χ0v) is 11.6. The average molecular weight is 279 g/mol. The Kier molecular flexibility index (Phi) is 3.82. The first-order valence-electron chi connectivity index (χ1n) is 6.86. The van der Waals surface area contributed by atoms with Gasteiger partial charge in [-0.1, -0.05) is 24.3 Å². The van der Waals surface area contributed by atoms with Gasteiger partial charge in [-0.05, 0) is 24.3 Å². The lowest BCUT2D eigenvalue weighted by atomic mass is 10.3. The minimum Gasteiger partial charge on any atom is -0.370 e. The molecule has 3 rings (SSSR count). The Balaban J connectivity index is 1.58. The highest BCUT2D eigenvalue weighted by atomic mass is 15.1. The topological polar surface area (TPSA) is 67.7 Å². The molecule has 2 heterocycles. The summed E-state index contributed by atoms with van der Waals surface area (Å²) < 4.78 is 2.00. The van der Waals surface area contributed by atoms with Crippen molar-refractivity contribution >= 4 is 17.3 Å². The van der Waals surface area contributed by atoms with E-state index in [1.54, 1.807) is 0 Å². The summed E-state index contributed by atoms with van der Waals surface area (Å²) in [6, 6.07) is 15.7. The van der Waals surface area contributed by atoms with Crippen LogP contribution in [0, 0.1) is 0 Å². The zero-order valence-electron chi connectivity index (χ0n) is 11.6. The molecule has 5 heteroatoms. The molecule has 3 aromatic rings. The number of fused-ring (bicyclic) bond motifs is 1. The van der Waals surface area contributed by atoms with E-state index in [0.717, 1.165) is 23.4 Å². The number of rotatable bonds is 4. The molecule has 0 saturated carbocycles. The second-order valence-electron chi connectivity index (χ2n) is 4.71. The maximum atomic E-state index is 5.86. The lowest BCUT2D eigenvalue weighted by Crippen LogP contribution is -2.23. The second-order valence-corrected chi connectivity index (χ2v) is 4.71. The van der Waals surface area contributed by atoms with E-state index in [-0.39, 0.29) is 0 Å². The van der Waals surface area contributed by atoms with Gasteiger partial charge in [-0.3, -0.25) is 4.99 Å². The van der Waals surface area contributed by atoms with Gasteiger partial charge in [-0.25, -0.2) is 4.98 Å². The van der Waals surface area contributed by atoms with E-state index in [1.807, 2.05) is 65.3 Å². The SMILES string of the molecule is NC(=NCCc1cn2ccccc2n1)Nc1ccccc1.